The number of amides is 1. The number of carbonyl (C=O) groups excluding carboxylic acids is 1. The summed E-state index contributed by atoms with van der Waals surface area (Å²) in [6.45, 7) is 1.15. The molecular weight excluding hydrogens is 224 g/mol. The minimum Gasteiger partial charge on any atom is -0.315 e. The van der Waals surface area contributed by atoms with Gasteiger partial charge >= 0.3 is 0 Å². The monoisotopic (exact) mass is 244 g/mol. The van der Waals surface area contributed by atoms with Gasteiger partial charge in [-0.25, -0.2) is 0 Å². The van der Waals surface area contributed by atoms with Gasteiger partial charge in [0.1, 0.15) is 0 Å². The molecule has 1 N–H and O–H groups in total. The van der Waals surface area contributed by atoms with Crippen LogP contribution in [-0.4, -0.2) is 25.5 Å². The number of hydrogen-bond acceptors (Lipinski definition) is 2. The Hall–Kier alpha value is -1.35. The maximum Gasteiger partial charge on any atom is 0.231 e. The highest BCUT2D eigenvalue weighted by Crippen LogP contribution is 2.29. The van der Waals surface area contributed by atoms with Crippen LogP contribution in [0.5, 0.6) is 0 Å². The van der Waals surface area contributed by atoms with Gasteiger partial charge in [0.25, 0.3) is 0 Å². The maximum atomic E-state index is 11.6. The molecule has 1 aromatic carbocycles. The van der Waals surface area contributed by atoms with Crippen molar-refractivity contribution < 1.29 is 4.79 Å². The van der Waals surface area contributed by atoms with Crippen LogP contribution >= 0.6 is 0 Å². The third-order valence-corrected chi connectivity index (χ3v) is 4.12. The third-order valence-electron chi connectivity index (χ3n) is 4.12. The van der Waals surface area contributed by atoms with Crippen molar-refractivity contribution in [3.05, 3.63) is 29.3 Å². The number of rotatable bonds is 2. The molecule has 0 saturated carbocycles. The van der Waals surface area contributed by atoms with E-state index in [1.807, 2.05) is 7.05 Å². The summed E-state index contributed by atoms with van der Waals surface area (Å²) >= 11 is 0. The Bertz CT molecular complexity index is 464. The third kappa shape index (κ3) is 2.15. The molecule has 0 aliphatic carbocycles. The highest BCUT2D eigenvalue weighted by Gasteiger charge is 2.24. The average molecular weight is 244 g/mol. The molecule has 0 bridgehead atoms. The molecule has 96 valence electrons. The number of piperidine rings is 1. The molecule has 2 aliphatic heterocycles. The van der Waals surface area contributed by atoms with Crippen LogP contribution in [-0.2, 0) is 17.6 Å². The normalized spacial score (nSPS) is 23.3. The Morgan fingerprint density at radius 1 is 1.39 bits per heavy atom. The van der Waals surface area contributed by atoms with Crippen LogP contribution in [0.1, 0.15) is 30.4 Å². The Balaban J connectivity index is 1.76. The molecule has 18 heavy (non-hydrogen) atoms. The van der Waals surface area contributed by atoms with E-state index in [9.17, 15) is 4.79 Å². The fraction of sp³-hybridized carbons (Fsp3) is 0.533. The molecule has 3 heteroatoms. The minimum absolute atomic E-state index is 0.206. The average Bonchev–Trinajstić information content (AvgIpc) is 2.67. The number of carbonyl (C=O) groups is 1. The zero-order valence-electron chi connectivity index (χ0n) is 10.9. The number of nitrogens with zero attached hydrogens (tertiary/aromatic N) is 1. The Morgan fingerprint density at radius 2 is 2.28 bits per heavy atom. The highest BCUT2D eigenvalue weighted by molar-refractivity contribution is 6.00. The van der Waals surface area contributed by atoms with E-state index in [0.29, 0.717) is 12.5 Å². The second-order valence-corrected chi connectivity index (χ2v) is 5.44. The first-order valence-electron chi connectivity index (χ1n) is 6.86. The van der Waals surface area contributed by atoms with Gasteiger partial charge in [-0.15, -0.1) is 0 Å². The lowest BCUT2D eigenvalue weighted by Gasteiger charge is -2.23. The minimum atomic E-state index is 0.206. The van der Waals surface area contributed by atoms with E-state index in [2.05, 4.69) is 23.5 Å². The molecule has 0 aromatic heterocycles. The largest absolute Gasteiger partial charge is 0.315 e. The van der Waals surface area contributed by atoms with Crippen molar-refractivity contribution in [2.45, 2.75) is 38.1 Å². The zero-order chi connectivity index (χ0) is 12.5. The van der Waals surface area contributed by atoms with Gasteiger partial charge in [0.2, 0.25) is 5.91 Å². The Labute approximate surface area is 108 Å². The van der Waals surface area contributed by atoms with Crippen LogP contribution < -0.4 is 10.2 Å². The van der Waals surface area contributed by atoms with Gasteiger partial charge in [-0.2, -0.15) is 0 Å². The predicted molar refractivity (Wildman–Crippen MR) is 72.9 cm³/mol. The molecule has 3 nitrogen and oxygen atoms in total. The van der Waals surface area contributed by atoms with E-state index in [1.165, 1.54) is 30.4 Å². The van der Waals surface area contributed by atoms with Gasteiger partial charge in [-0.3, -0.25) is 4.79 Å². The van der Waals surface area contributed by atoms with Crippen LogP contribution in [0.2, 0.25) is 0 Å². The zero-order valence-corrected chi connectivity index (χ0v) is 10.9. The summed E-state index contributed by atoms with van der Waals surface area (Å²) in [5, 5.41) is 3.57. The molecule has 1 aromatic rings. The molecule has 0 radical (unpaired) electrons. The fourth-order valence-electron chi connectivity index (χ4n) is 3.00. The van der Waals surface area contributed by atoms with Crippen molar-refractivity contribution >= 4 is 11.6 Å². The molecular formula is C15H20N2O. The van der Waals surface area contributed by atoms with E-state index in [1.54, 1.807) is 4.90 Å². The quantitative estimate of drug-likeness (QED) is 0.861. The molecule has 2 heterocycles. The first-order valence-corrected chi connectivity index (χ1v) is 6.86. The first-order chi connectivity index (χ1) is 8.74. The van der Waals surface area contributed by atoms with E-state index < -0.39 is 0 Å². The first kappa shape index (κ1) is 11.7. The lowest BCUT2D eigenvalue weighted by atomic mass is 9.96. The van der Waals surface area contributed by atoms with E-state index in [-0.39, 0.29) is 5.91 Å². The van der Waals surface area contributed by atoms with Gasteiger partial charge < -0.3 is 10.2 Å². The van der Waals surface area contributed by atoms with Gasteiger partial charge in [-0.05, 0) is 43.0 Å². The predicted octanol–water partition coefficient (Wildman–Crippen LogP) is 1.89. The summed E-state index contributed by atoms with van der Waals surface area (Å²) in [6.07, 6.45) is 5.55. The van der Waals surface area contributed by atoms with Crippen molar-refractivity contribution in [3.8, 4) is 0 Å². The second kappa shape index (κ2) is 4.73. The van der Waals surface area contributed by atoms with Crippen molar-refractivity contribution in [2.24, 2.45) is 0 Å². The molecule has 0 spiro atoms. The number of anilines is 1. The van der Waals surface area contributed by atoms with Gasteiger partial charge in [0.15, 0.2) is 0 Å². The smallest absolute Gasteiger partial charge is 0.231 e. The van der Waals surface area contributed by atoms with Crippen molar-refractivity contribution in [2.75, 3.05) is 18.5 Å². The summed E-state index contributed by atoms with van der Waals surface area (Å²) in [6, 6.07) is 7.10. The highest BCUT2D eigenvalue weighted by atomic mass is 16.2. The van der Waals surface area contributed by atoms with Crippen molar-refractivity contribution in [1.82, 2.24) is 5.32 Å². The molecule has 1 saturated heterocycles. The second-order valence-electron chi connectivity index (χ2n) is 5.44. The molecule has 2 aliphatic rings. The lowest BCUT2D eigenvalue weighted by molar-refractivity contribution is -0.117. The molecule has 1 unspecified atom stereocenters. The van der Waals surface area contributed by atoms with Crippen LogP contribution in [0.3, 0.4) is 0 Å². The summed E-state index contributed by atoms with van der Waals surface area (Å²) in [5.74, 6) is 0.206. The number of likely N-dealkylation sites (N-methyl/N-ethyl adjacent to an activating group) is 1. The van der Waals surface area contributed by atoms with Gasteiger partial charge in [0.05, 0.1) is 6.42 Å². The Morgan fingerprint density at radius 3 is 3.06 bits per heavy atom. The summed E-state index contributed by atoms with van der Waals surface area (Å²) < 4.78 is 0. The van der Waals surface area contributed by atoms with Crippen molar-refractivity contribution in [1.29, 1.82) is 0 Å². The fourth-order valence-corrected chi connectivity index (χ4v) is 3.00. The van der Waals surface area contributed by atoms with Crippen LogP contribution in [0, 0.1) is 0 Å². The summed E-state index contributed by atoms with van der Waals surface area (Å²) in [4.78, 5) is 13.4. The molecule has 3 rings (SSSR count). The van der Waals surface area contributed by atoms with E-state index in [4.69, 9.17) is 0 Å². The SMILES string of the molecule is CN1C(=O)Cc2ccc(CC3CCCCN3)cc21. The van der Waals surface area contributed by atoms with Gasteiger partial charge in [-0.1, -0.05) is 18.6 Å². The number of hydrogen-bond donors (Lipinski definition) is 1. The Kier molecular flexibility index (Phi) is 3.08. The standard InChI is InChI=1S/C15H20N2O/c1-17-14-9-11(5-6-12(14)10-15(17)18)8-13-4-2-3-7-16-13/h5-6,9,13,16H,2-4,7-8,10H2,1H3. The number of nitrogens with one attached hydrogen (secondary N) is 1. The van der Waals surface area contributed by atoms with Crippen LogP contribution in [0.15, 0.2) is 18.2 Å². The van der Waals surface area contributed by atoms with Gasteiger partial charge in [0, 0.05) is 18.8 Å². The van der Waals surface area contributed by atoms with Crippen LogP contribution in [0.4, 0.5) is 5.69 Å². The lowest BCUT2D eigenvalue weighted by Crippen LogP contribution is -2.35. The molecule has 1 amide bonds. The molecule has 1 fully saturated rings. The topological polar surface area (TPSA) is 32.3 Å². The van der Waals surface area contributed by atoms with Crippen molar-refractivity contribution in [3.63, 3.8) is 0 Å². The van der Waals surface area contributed by atoms with E-state index in [0.717, 1.165) is 18.7 Å². The van der Waals surface area contributed by atoms with E-state index >= 15 is 0 Å². The summed E-state index contributed by atoms with van der Waals surface area (Å²) in [7, 11) is 1.87. The van der Waals surface area contributed by atoms with Crippen LogP contribution in [0.25, 0.3) is 0 Å². The number of fused-ring (bicyclic) bond motifs is 1. The number of benzene rings is 1. The summed E-state index contributed by atoms with van der Waals surface area (Å²) in [5.41, 5.74) is 3.62. The maximum absolute atomic E-state index is 11.6. The molecule has 1 atom stereocenters.